The minimum atomic E-state index is -0.516. The molecule has 1 saturated carbocycles. The molecule has 10 heavy (non-hydrogen) atoms. The van der Waals surface area contributed by atoms with Crippen molar-refractivity contribution in [3.8, 4) is 0 Å². The Morgan fingerprint density at radius 2 is 2.40 bits per heavy atom. The lowest BCUT2D eigenvalue weighted by atomic mass is 9.89. The molecule has 1 aliphatic carbocycles. The topological polar surface area (TPSA) is 55.6 Å². The summed E-state index contributed by atoms with van der Waals surface area (Å²) in [7, 11) is 0. The van der Waals surface area contributed by atoms with E-state index in [1.807, 2.05) is 0 Å². The molecule has 1 aliphatic heterocycles. The van der Waals surface area contributed by atoms with Crippen LogP contribution < -0.4 is 5.73 Å². The predicted molar refractivity (Wildman–Crippen MR) is 35.3 cm³/mol. The van der Waals surface area contributed by atoms with E-state index >= 15 is 0 Å². The van der Waals surface area contributed by atoms with Crippen molar-refractivity contribution in [2.45, 2.75) is 37.4 Å². The molecular weight excluding hydrogens is 130 g/mol. The standard InChI is InChI=1S/C7H11NO2/c8-6(9)7-4-2-1-3-5(7)10-7/h5H,1-4H2,(H2,8,9). The second-order valence-electron chi connectivity index (χ2n) is 3.11. The van der Waals surface area contributed by atoms with Crippen LogP contribution in [0.15, 0.2) is 0 Å². The molecule has 2 atom stereocenters. The number of carbonyl (C=O) groups excluding carboxylic acids is 1. The summed E-state index contributed by atoms with van der Waals surface area (Å²) in [5.74, 6) is -0.266. The molecule has 0 aromatic rings. The van der Waals surface area contributed by atoms with Gasteiger partial charge in [0.25, 0.3) is 5.91 Å². The maximum absolute atomic E-state index is 10.8. The smallest absolute Gasteiger partial charge is 0.252 e. The number of rotatable bonds is 1. The van der Waals surface area contributed by atoms with Gasteiger partial charge in [-0.3, -0.25) is 4.79 Å². The quantitative estimate of drug-likeness (QED) is 0.530. The zero-order valence-electron chi connectivity index (χ0n) is 5.80. The second-order valence-corrected chi connectivity index (χ2v) is 3.11. The van der Waals surface area contributed by atoms with Crippen LogP contribution in [0.3, 0.4) is 0 Å². The number of hydrogen-bond donors (Lipinski definition) is 1. The van der Waals surface area contributed by atoms with E-state index in [2.05, 4.69) is 0 Å². The van der Waals surface area contributed by atoms with Crippen LogP contribution in [0.1, 0.15) is 25.7 Å². The van der Waals surface area contributed by atoms with Crippen molar-refractivity contribution in [3.05, 3.63) is 0 Å². The molecule has 2 fully saturated rings. The maximum atomic E-state index is 10.8. The highest BCUT2D eigenvalue weighted by Gasteiger charge is 2.61. The van der Waals surface area contributed by atoms with Crippen molar-refractivity contribution in [3.63, 3.8) is 0 Å². The van der Waals surface area contributed by atoms with Crippen LogP contribution in [-0.4, -0.2) is 17.6 Å². The van der Waals surface area contributed by atoms with Crippen LogP contribution in [0.4, 0.5) is 0 Å². The van der Waals surface area contributed by atoms with Gasteiger partial charge in [0.05, 0.1) is 6.10 Å². The number of nitrogens with two attached hydrogens (primary N) is 1. The first-order valence-electron chi connectivity index (χ1n) is 3.73. The minimum absolute atomic E-state index is 0.166. The third-order valence-corrected chi connectivity index (χ3v) is 2.50. The number of fused-ring (bicyclic) bond motifs is 1. The molecule has 0 spiro atoms. The van der Waals surface area contributed by atoms with Crippen molar-refractivity contribution in [2.75, 3.05) is 0 Å². The molecule has 56 valence electrons. The van der Waals surface area contributed by atoms with E-state index in [0.29, 0.717) is 0 Å². The van der Waals surface area contributed by atoms with Crippen molar-refractivity contribution in [1.82, 2.24) is 0 Å². The molecule has 0 radical (unpaired) electrons. The van der Waals surface area contributed by atoms with Crippen molar-refractivity contribution in [1.29, 1.82) is 0 Å². The van der Waals surface area contributed by atoms with Gasteiger partial charge in [0.2, 0.25) is 0 Å². The number of amides is 1. The van der Waals surface area contributed by atoms with Crippen LogP contribution in [0, 0.1) is 0 Å². The number of epoxide rings is 1. The lowest BCUT2D eigenvalue weighted by molar-refractivity contribution is -0.123. The normalized spacial score (nSPS) is 44.2. The van der Waals surface area contributed by atoms with Crippen LogP contribution in [0.25, 0.3) is 0 Å². The summed E-state index contributed by atoms with van der Waals surface area (Å²) in [6.45, 7) is 0. The summed E-state index contributed by atoms with van der Waals surface area (Å²) in [4.78, 5) is 10.8. The summed E-state index contributed by atoms with van der Waals surface area (Å²) < 4.78 is 5.25. The summed E-state index contributed by atoms with van der Waals surface area (Å²) in [6.07, 6.45) is 4.29. The summed E-state index contributed by atoms with van der Waals surface area (Å²) in [5.41, 5.74) is 4.66. The molecule has 0 aromatic carbocycles. The number of primary amides is 1. The van der Waals surface area contributed by atoms with Gasteiger partial charge in [0, 0.05) is 0 Å². The number of carbonyl (C=O) groups is 1. The average Bonchev–Trinajstić information content (AvgIpc) is 2.61. The molecule has 2 unspecified atom stereocenters. The first kappa shape index (κ1) is 6.16. The van der Waals surface area contributed by atoms with E-state index in [4.69, 9.17) is 10.5 Å². The van der Waals surface area contributed by atoms with Crippen molar-refractivity contribution < 1.29 is 9.53 Å². The Morgan fingerprint density at radius 3 is 2.90 bits per heavy atom. The number of ether oxygens (including phenoxy) is 1. The fraction of sp³-hybridized carbons (Fsp3) is 0.857. The fourth-order valence-corrected chi connectivity index (χ4v) is 1.79. The summed E-state index contributed by atoms with van der Waals surface area (Å²) in [6, 6.07) is 0. The van der Waals surface area contributed by atoms with Crippen molar-refractivity contribution in [2.24, 2.45) is 5.73 Å². The molecule has 0 aromatic heterocycles. The van der Waals surface area contributed by atoms with Crippen LogP contribution in [0.2, 0.25) is 0 Å². The Hall–Kier alpha value is -0.570. The Bertz CT molecular complexity index is 180. The van der Waals surface area contributed by atoms with Gasteiger partial charge < -0.3 is 10.5 Å². The minimum Gasteiger partial charge on any atom is -0.367 e. The molecule has 2 rings (SSSR count). The van der Waals surface area contributed by atoms with Crippen LogP contribution in [0.5, 0.6) is 0 Å². The molecule has 2 N–H and O–H groups in total. The highest BCUT2D eigenvalue weighted by molar-refractivity contribution is 5.87. The predicted octanol–water partition coefficient (Wildman–Crippen LogP) is 0.183. The molecular formula is C7H11NO2. The van der Waals surface area contributed by atoms with Gasteiger partial charge in [0.15, 0.2) is 5.60 Å². The van der Waals surface area contributed by atoms with Crippen LogP contribution >= 0.6 is 0 Å². The highest BCUT2D eigenvalue weighted by atomic mass is 16.6. The third-order valence-electron chi connectivity index (χ3n) is 2.50. The molecule has 1 saturated heterocycles. The van der Waals surface area contributed by atoms with E-state index in [-0.39, 0.29) is 12.0 Å². The van der Waals surface area contributed by atoms with E-state index in [1.165, 1.54) is 6.42 Å². The SMILES string of the molecule is NC(=O)C12CCCCC1O2. The second kappa shape index (κ2) is 1.72. The summed E-state index contributed by atoms with van der Waals surface area (Å²) >= 11 is 0. The van der Waals surface area contributed by atoms with Gasteiger partial charge in [-0.15, -0.1) is 0 Å². The van der Waals surface area contributed by atoms with Gasteiger partial charge in [-0.05, 0) is 19.3 Å². The zero-order valence-corrected chi connectivity index (χ0v) is 5.80. The first-order chi connectivity index (χ1) is 4.76. The Labute approximate surface area is 59.5 Å². The Balaban J connectivity index is 2.12. The van der Waals surface area contributed by atoms with E-state index < -0.39 is 5.60 Å². The van der Waals surface area contributed by atoms with Gasteiger partial charge in [-0.1, -0.05) is 6.42 Å². The maximum Gasteiger partial charge on any atom is 0.252 e. The first-order valence-corrected chi connectivity index (χ1v) is 3.73. The van der Waals surface area contributed by atoms with Gasteiger partial charge in [-0.2, -0.15) is 0 Å². The van der Waals surface area contributed by atoms with Gasteiger partial charge in [-0.25, -0.2) is 0 Å². The largest absolute Gasteiger partial charge is 0.367 e. The monoisotopic (exact) mass is 141 g/mol. The summed E-state index contributed by atoms with van der Waals surface area (Å²) in [5, 5.41) is 0. The van der Waals surface area contributed by atoms with Gasteiger partial charge >= 0.3 is 0 Å². The lowest BCUT2D eigenvalue weighted by Gasteiger charge is -2.12. The molecule has 3 heteroatoms. The average molecular weight is 141 g/mol. The van der Waals surface area contributed by atoms with Crippen LogP contribution in [-0.2, 0) is 9.53 Å². The fourth-order valence-electron chi connectivity index (χ4n) is 1.79. The Kier molecular flexibility index (Phi) is 1.06. The van der Waals surface area contributed by atoms with E-state index in [9.17, 15) is 4.79 Å². The Morgan fingerprint density at radius 1 is 1.60 bits per heavy atom. The zero-order chi connectivity index (χ0) is 7.19. The number of hydrogen-bond acceptors (Lipinski definition) is 2. The molecule has 2 aliphatic rings. The lowest BCUT2D eigenvalue weighted by Crippen LogP contribution is -2.35. The molecule has 0 bridgehead atoms. The third kappa shape index (κ3) is 0.611. The van der Waals surface area contributed by atoms with E-state index in [0.717, 1.165) is 19.3 Å². The van der Waals surface area contributed by atoms with E-state index in [1.54, 1.807) is 0 Å². The van der Waals surface area contributed by atoms with Gasteiger partial charge in [0.1, 0.15) is 0 Å². The van der Waals surface area contributed by atoms with Crippen molar-refractivity contribution >= 4 is 5.91 Å². The molecule has 3 nitrogen and oxygen atoms in total. The molecule has 1 amide bonds. The highest BCUT2D eigenvalue weighted by Crippen LogP contribution is 2.47. The molecule has 1 heterocycles.